The molecule has 2 N–H and O–H groups in total. The fourth-order valence-corrected chi connectivity index (χ4v) is 6.62. The summed E-state index contributed by atoms with van der Waals surface area (Å²) in [4.78, 5) is 11.4. The van der Waals surface area contributed by atoms with E-state index >= 15 is 0 Å². The molecule has 0 saturated heterocycles. The molecule has 284 valence electrons. The number of rotatable bonds is 8. The third kappa shape index (κ3) is 11.8. The molecular weight excluding hydrogens is 775 g/mol. The van der Waals surface area contributed by atoms with E-state index in [1.54, 1.807) is 19.1 Å². The number of fused-ring (bicyclic) bond motifs is 2. The molecule has 0 aromatic heterocycles. The average Bonchev–Trinajstić information content (AvgIpc) is 3.26. The Kier molecular flexibility index (Phi) is 14.4. The van der Waals surface area contributed by atoms with Crippen molar-refractivity contribution >= 4 is 85.7 Å². The van der Waals surface area contributed by atoms with Crippen molar-refractivity contribution in [2.24, 2.45) is 0 Å². The number of hydrogen-bond donors (Lipinski definition) is 2. The highest BCUT2D eigenvalue weighted by molar-refractivity contribution is 9.10. The van der Waals surface area contributed by atoms with Crippen LogP contribution in [0, 0.1) is 0 Å². The molecule has 0 radical (unpaired) electrons. The maximum Gasteiger partial charge on any atom is 0.488 e. The smallest absolute Gasteiger partial charge is 0.423 e. The summed E-state index contributed by atoms with van der Waals surface area (Å²) in [7, 11) is -1.39. The van der Waals surface area contributed by atoms with Crippen LogP contribution in [0.1, 0.15) is 52.0 Å². The van der Waals surface area contributed by atoms with Crippen molar-refractivity contribution in [3.8, 4) is 11.1 Å². The minimum Gasteiger partial charge on any atom is -0.423 e. The molecule has 0 heterocycles. The van der Waals surface area contributed by atoms with Crippen molar-refractivity contribution in [1.82, 2.24) is 0 Å². The Bertz CT molecular complexity index is 2680. The maximum atomic E-state index is 11.4. The van der Waals surface area contributed by atoms with E-state index in [1.807, 2.05) is 67.6 Å². The van der Waals surface area contributed by atoms with Crippen molar-refractivity contribution in [3.05, 3.63) is 226 Å². The molecule has 58 heavy (non-hydrogen) atoms. The molecule has 3 nitrogen and oxygen atoms in total. The molecule has 0 fully saturated rings. The number of ketones is 1. The summed E-state index contributed by atoms with van der Waals surface area (Å²) in [6.45, 7) is 7.27. The number of carbonyl (C=O) groups excluding carboxylic acids is 1. The first-order valence-electron chi connectivity index (χ1n) is 19.0. The third-order valence-corrected chi connectivity index (χ3v) is 10.0. The van der Waals surface area contributed by atoms with E-state index in [0.29, 0.717) is 5.46 Å². The molecule has 0 bridgehead atoms. The lowest BCUT2D eigenvalue weighted by molar-refractivity contribution is 0.101. The summed E-state index contributed by atoms with van der Waals surface area (Å²) >= 11 is 3.50. The molecule has 8 aromatic carbocycles. The van der Waals surface area contributed by atoms with Crippen molar-refractivity contribution in [3.63, 3.8) is 0 Å². The van der Waals surface area contributed by atoms with Gasteiger partial charge < -0.3 is 10.0 Å². The number of halogens is 1. The predicted octanol–water partition coefficient (Wildman–Crippen LogP) is 13.1. The topological polar surface area (TPSA) is 57.5 Å². The second-order valence-corrected chi connectivity index (χ2v) is 14.9. The monoisotopic (exact) mass is 818 g/mol. The van der Waals surface area contributed by atoms with Crippen molar-refractivity contribution < 1.29 is 14.8 Å². The molecule has 5 heteroatoms. The Morgan fingerprint density at radius 3 is 1.41 bits per heavy atom. The number of allylic oxidation sites excluding steroid dienone is 1. The normalized spacial score (nSPS) is 10.8. The SMILES string of the molecule is Brc1ccc2cc(C=Cc3ccccc3)ccc2c1.C=C(C)c1ccc(B(O)O)cc1.CC(=O)c1ccc(-c2ccc3cc(C=Cc4ccccc4)ccc3c2)cc1. The Morgan fingerprint density at radius 2 is 0.914 bits per heavy atom. The van der Waals surface area contributed by atoms with Crippen LogP contribution < -0.4 is 5.46 Å². The predicted molar refractivity (Wildman–Crippen MR) is 253 cm³/mol. The first-order valence-corrected chi connectivity index (χ1v) is 19.8. The quantitative estimate of drug-likeness (QED) is 0.0912. The van der Waals surface area contributed by atoms with Gasteiger partial charge in [-0.2, -0.15) is 0 Å². The van der Waals surface area contributed by atoms with E-state index in [1.165, 1.54) is 43.8 Å². The average molecular weight is 820 g/mol. The van der Waals surface area contributed by atoms with Gasteiger partial charge in [-0.15, -0.1) is 0 Å². The van der Waals surface area contributed by atoms with Gasteiger partial charge in [-0.25, -0.2) is 0 Å². The van der Waals surface area contributed by atoms with Crippen molar-refractivity contribution in [1.29, 1.82) is 0 Å². The van der Waals surface area contributed by atoms with Crippen molar-refractivity contribution in [2.75, 3.05) is 0 Å². The summed E-state index contributed by atoms with van der Waals surface area (Å²) in [5.74, 6) is 0.0937. The number of carbonyl (C=O) groups is 1. The Balaban J connectivity index is 0.000000159. The highest BCUT2D eigenvalue weighted by atomic mass is 79.9. The second kappa shape index (κ2) is 20.2. The number of benzene rings is 8. The molecular formula is C53H44BBrO3. The van der Waals surface area contributed by atoms with Crippen LogP contribution >= 0.6 is 15.9 Å². The van der Waals surface area contributed by atoms with Gasteiger partial charge in [0.05, 0.1) is 0 Å². The van der Waals surface area contributed by atoms with Crippen LogP contribution in [0.2, 0.25) is 0 Å². The number of hydrogen-bond acceptors (Lipinski definition) is 3. The largest absolute Gasteiger partial charge is 0.488 e. The van der Waals surface area contributed by atoms with Gasteiger partial charge in [0.1, 0.15) is 0 Å². The zero-order chi connectivity index (χ0) is 40.9. The molecule has 0 aliphatic carbocycles. The standard InChI is InChI=1S/C26H20O.C18H13Br.C9H11BO2/c1-19(27)22-11-13-23(14-12-22)25-16-15-24-17-21(9-10-26(24)18-25)8-7-20-5-3-2-4-6-20;19-18-11-10-16-12-15(8-9-17(16)13-18)7-6-14-4-2-1-3-5-14;1-7(2)8-3-5-9(6-4-8)10(11)12/h2-18H,1H3;1-13H;3-6,11-12H,1H2,2H3. The lowest BCUT2D eigenvalue weighted by Gasteiger charge is -2.06. The highest BCUT2D eigenvalue weighted by Gasteiger charge is 2.09. The Hall–Kier alpha value is -6.37. The van der Waals surface area contributed by atoms with Gasteiger partial charge in [0, 0.05) is 10.0 Å². The minimum atomic E-state index is -1.39. The van der Waals surface area contributed by atoms with Crippen LogP contribution in [0.4, 0.5) is 0 Å². The summed E-state index contributed by atoms with van der Waals surface area (Å²) in [5.41, 5.74) is 10.3. The fraction of sp³-hybridized carbons (Fsp3) is 0.0377. The lowest BCUT2D eigenvalue weighted by Crippen LogP contribution is -2.29. The van der Waals surface area contributed by atoms with Crippen LogP contribution in [-0.2, 0) is 0 Å². The molecule has 0 atom stereocenters. The van der Waals surface area contributed by atoms with Gasteiger partial charge in [-0.1, -0.05) is 204 Å². The molecule has 0 unspecified atom stereocenters. The van der Waals surface area contributed by atoms with Crippen LogP contribution in [0.5, 0.6) is 0 Å². The highest BCUT2D eigenvalue weighted by Crippen LogP contribution is 2.27. The van der Waals surface area contributed by atoms with Crippen LogP contribution in [0.3, 0.4) is 0 Å². The van der Waals surface area contributed by atoms with Gasteiger partial charge in [-0.3, -0.25) is 4.79 Å². The zero-order valence-electron chi connectivity index (χ0n) is 32.6. The molecule has 0 saturated carbocycles. The summed E-state index contributed by atoms with van der Waals surface area (Å²) < 4.78 is 1.12. The van der Waals surface area contributed by atoms with E-state index in [0.717, 1.165) is 32.3 Å². The van der Waals surface area contributed by atoms with E-state index in [4.69, 9.17) is 10.0 Å². The molecule has 0 aliphatic rings. The zero-order valence-corrected chi connectivity index (χ0v) is 34.2. The van der Waals surface area contributed by atoms with E-state index in [2.05, 4.69) is 156 Å². The molecule has 0 aliphatic heterocycles. The first-order chi connectivity index (χ1) is 28.1. The first kappa shape index (κ1) is 41.3. The Morgan fingerprint density at radius 1 is 0.483 bits per heavy atom. The van der Waals surface area contributed by atoms with Gasteiger partial charge in [0.15, 0.2) is 5.78 Å². The molecule has 0 spiro atoms. The molecule has 0 amide bonds. The number of Topliss-reactive ketones (excluding diaryl/α,β-unsaturated/α-hetero) is 1. The molecule has 8 rings (SSSR count). The summed E-state index contributed by atoms with van der Waals surface area (Å²) in [5, 5.41) is 22.5. The van der Waals surface area contributed by atoms with Crippen LogP contribution in [0.15, 0.2) is 193 Å². The third-order valence-electron chi connectivity index (χ3n) is 9.55. The van der Waals surface area contributed by atoms with E-state index < -0.39 is 7.12 Å². The van der Waals surface area contributed by atoms with E-state index in [-0.39, 0.29) is 5.78 Å². The van der Waals surface area contributed by atoms with E-state index in [9.17, 15) is 4.79 Å². The lowest BCUT2D eigenvalue weighted by atomic mass is 9.80. The van der Waals surface area contributed by atoms with Gasteiger partial charge in [0.25, 0.3) is 0 Å². The van der Waals surface area contributed by atoms with Crippen LogP contribution in [-0.4, -0.2) is 22.9 Å². The summed E-state index contributed by atoms with van der Waals surface area (Å²) in [6, 6.07) is 61.3. The minimum absolute atomic E-state index is 0.0937. The second-order valence-electron chi connectivity index (χ2n) is 14.0. The summed E-state index contributed by atoms with van der Waals surface area (Å²) in [6.07, 6.45) is 8.56. The van der Waals surface area contributed by atoms with Crippen LogP contribution in [0.25, 0.3) is 62.5 Å². The Labute approximate surface area is 350 Å². The van der Waals surface area contributed by atoms with Crippen molar-refractivity contribution in [2.45, 2.75) is 13.8 Å². The van der Waals surface area contributed by atoms with Gasteiger partial charge >= 0.3 is 7.12 Å². The maximum absolute atomic E-state index is 11.4. The molecule has 8 aromatic rings. The van der Waals surface area contributed by atoms with Gasteiger partial charge in [0.2, 0.25) is 0 Å². The van der Waals surface area contributed by atoms with Gasteiger partial charge in [-0.05, 0) is 110 Å². The fourth-order valence-electron chi connectivity index (χ4n) is 6.24.